The third-order valence-electron chi connectivity index (χ3n) is 2.96. The van der Waals surface area contributed by atoms with E-state index in [-0.39, 0.29) is 35.1 Å². The van der Waals surface area contributed by atoms with Crippen molar-refractivity contribution in [2.45, 2.75) is 30.9 Å². The number of hydrogen-bond donors (Lipinski definition) is 3. The maximum Gasteiger partial charge on any atom is 0.250 e. The molecule has 1 amide bonds. The highest BCUT2D eigenvalue weighted by Crippen LogP contribution is 2.18. The van der Waals surface area contributed by atoms with E-state index in [4.69, 9.17) is 5.11 Å². The monoisotopic (exact) mass is 334 g/mol. The lowest BCUT2D eigenvalue weighted by Crippen LogP contribution is -2.36. The molecule has 120 valence electrons. The topological polar surface area (TPSA) is 95.5 Å². The zero-order valence-electron chi connectivity index (χ0n) is 12.3. The van der Waals surface area contributed by atoms with Crippen LogP contribution in [0.25, 0.3) is 0 Å². The van der Waals surface area contributed by atoms with Crippen LogP contribution in [0.4, 0.5) is 0 Å². The van der Waals surface area contributed by atoms with Gasteiger partial charge in [-0.25, -0.2) is 13.1 Å². The third-order valence-corrected chi connectivity index (χ3v) is 5.82. The standard InChI is InChI=1S/C13H22N2O4S2/c1-13(2,6-8-16)10-14-11(17)5-7-15-21(18,19)12-4-3-9-20-12/h3-4,9,15-16H,5-8,10H2,1-2H3,(H,14,17). The Hall–Kier alpha value is -0.960. The van der Waals surface area contributed by atoms with Gasteiger partial charge in [-0.2, -0.15) is 0 Å². The molecule has 0 fully saturated rings. The molecule has 0 aliphatic rings. The first kappa shape index (κ1) is 18.1. The van der Waals surface area contributed by atoms with E-state index in [1.807, 2.05) is 13.8 Å². The first-order chi connectivity index (χ1) is 9.77. The first-order valence-electron chi connectivity index (χ1n) is 6.67. The van der Waals surface area contributed by atoms with Crippen molar-refractivity contribution in [3.8, 4) is 0 Å². The number of amides is 1. The number of thiophene rings is 1. The normalized spacial score (nSPS) is 12.3. The Kier molecular flexibility index (Phi) is 6.79. The molecule has 0 spiro atoms. The Morgan fingerprint density at radius 1 is 1.43 bits per heavy atom. The molecule has 0 aromatic carbocycles. The number of aliphatic hydroxyl groups is 1. The summed E-state index contributed by atoms with van der Waals surface area (Å²) in [5.41, 5.74) is -0.180. The lowest BCUT2D eigenvalue weighted by atomic mass is 9.90. The van der Waals surface area contributed by atoms with E-state index in [9.17, 15) is 13.2 Å². The molecule has 21 heavy (non-hydrogen) atoms. The second kappa shape index (κ2) is 7.88. The largest absolute Gasteiger partial charge is 0.396 e. The molecule has 1 aromatic heterocycles. The highest BCUT2D eigenvalue weighted by atomic mass is 32.2. The van der Waals surface area contributed by atoms with E-state index >= 15 is 0 Å². The van der Waals surface area contributed by atoms with Gasteiger partial charge < -0.3 is 10.4 Å². The van der Waals surface area contributed by atoms with Gasteiger partial charge in [0.25, 0.3) is 0 Å². The maximum atomic E-state index is 11.8. The molecule has 1 aromatic rings. The van der Waals surface area contributed by atoms with Gasteiger partial charge in [-0.1, -0.05) is 19.9 Å². The molecule has 0 atom stereocenters. The molecule has 6 nitrogen and oxygen atoms in total. The van der Waals surface area contributed by atoms with Crippen molar-refractivity contribution >= 4 is 27.3 Å². The van der Waals surface area contributed by atoms with Crippen LogP contribution < -0.4 is 10.0 Å². The third kappa shape index (κ3) is 6.56. The van der Waals surface area contributed by atoms with E-state index in [0.29, 0.717) is 13.0 Å². The summed E-state index contributed by atoms with van der Waals surface area (Å²) in [6.07, 6.45) is 0.679. The Balaban J connectivity index is 2.31. The van der Waals surface area contributed by atoms with Crippen LogP contribution in [0.2, 0.25) is 0 Å². The van der Waals surface area contributed by atoms with Crippen molar-refractivity contribution in [2.24, 2.45) is 5.41 Å². The van der Waals surface area contributed by atoms with Crippen LogP contribution in [0.1, 0.15) is 26.7 Å². The van der Waals surface area contributed by atoms with Crippen molar-refractivity contribution in [3.05, 3.63) is 17.5 Å². The number of aliphatic hydroxyl groups excluding tert-OH is 1. The van der Waals surface area contributed by atoms with Crippen molar-refractivity contribution in [1.82, 2.24) is 10.0 Å². The van der Waals surface area contributed by atoms with Gasteiger partial charge in [-0.15, -0.1) is 11.3 Å². The second-order valence-electron chi connectivity index (χ2n) is 5.49. The van der Waals surface area contributed by atoms with E-state index in [1.54, 1.807) is 11.4 Å². The SMILES string of the molecule is CC(C)(CCO)CNC(=O)CCNS(=O)(=O)c1cccs1. The smallest absolute Gasteiger partial charge is 0.250 e. The van der Waals surface area contributed by atoms with Crippen LogP contribution in [0, 0.1) is 5.41 Å². The molecular weight excluding hydrogens is 312 g/mol. The maximum absolute atomic E-state index is 11.8. The molecule has 3 N–H and O–H groups in total. The molecule has 0 aliphatic heterocycles. The summed E-state index contributed by atoms with van der Waals surface area (Å²) in [6.45, 7) is 4.48. The average Bonchev–Trinajstić information content (AvgIpc) is 2.91. The fourth-order valence-corrected chi connectivity index (χ4v) is 3.67. The Bertz CT molecular complexity index is 539. The molecule has 0 aliphatic carbocycles. The highest BCUT2D eigenvalue weighted by Gasteiger charge is 2.19. The quantitative estimate of drug-likeness (QED) is 0.626. The molecule has 1 heterocycles. The Morgan fingerprint density at radius 2 is 2.14 bits per heavy atom. The Morgan fingerprint density at radius 3 is 2.71 bits per heavy atom. The minimum Gasteiger partial charge on any atom is -0.396 e. The lowest BCUT2D eigenvalue weighted by molar-refractivity contribution is -0.121. The summed E-state index contributed by atoms with van der Waals surface area (Å²) in [6, 6.07) is 3.18. The average molecular weight is 334 g/mol. The van der Waals surface area contributed by atoms with Gasteiger partial charge in [0.05, 0.1) is 0 Å². The van der Waals surface area contributed by atoms with Crippen LogP contribution in [0.5, 0.6) is 0 Å². The molecule has 0 unspecified atom stereocenters. The van der Waals surface area contributed by atoms with Gasteiger partial charge >= 0.3 is 0 Å². The van der Waals surface area contributed by atoms with Gasteiger partial charge in [-0.3, -0.25) is 4.79 Å². The fourth-order valence-electron chi connectivity index (χ4n) is 1.60. The summed E-state index contributed by atoms with van der Waals surface area (Å²) in [5, 5.41) is 13.3. The summed E-state index contributed by atoms with van der Waals surface area (Å²) in [7, 11) is -3.51. The zero-order chi connectivity index (χ0) is 15.9. The van der Waals surface area contributed by atoms with Crippen molar-refractivity contribution < 1.29 is 18.3 Å². The van der Waals surface area contributed by atoms with E-state index in [0.717, 1.165) is 11.3 Å². The van der Waals surface area contributed by atoms with Gasteiger partial charge in [0, 0.05) is 26.1 Å². The molecule has 0 radical (unpaired) electrons. The van der Waals surface area contributed by atoms with Gasteiger partial charge in [0.1, 0.15) is 4.21 Å². The van der Waals surface area contributed by atoms with Gasteiger partial charge in [0.15, 0.2) is 0 Å². The Labute approximate surface area is 129 Å². The molecule has 0 saturated carbocycles. The minimum absolute atomic E-state index is 0.0620. The predicted octanol–water partition coefficient (Wildman–Crippen LogP) is 0.941. The number of hydrogen-bond acceptors (Lipinski definition) is 5. The summed E-state index contributed by atoms with van der Waals surface area (Å²) in [4.78, 5) is 11.7. The lowest BCUT2D eigenvalue weighted by Gasteiger charge is -2.23. The molecule has 0 saturated heterocycles. The summed E-state index contributed by atoms with van der Waals surface area (Å²) >= 11 is 1.13. The first-order valence-corrected chi connectivity index (χ1v) is 9.04. The zero-order valence-corrected chi connectivity index (χ0v) is 13.9. The second-order valence-corrected chi connectivity index (χ2v) is 8.44. The van der Waals surface area contributed by atoms with Crippen LogP contribution in [-0.4, -0.2) is 39.1 Å². The molecule has 1 rings (SSSR count). The fraction of sp³-hybridized carbons (Fsp3) is 0.615. The molecule has 8 heteroatoms. The number of sulfonamides is 1. The highest BCUT2D eigenvalue weighted by molar-refractivity contribution is 7.91. The van der Waals surface area contributed by atoms with Gasteiger partial charge in [-0.05, 0) is 23.3 Å². The van der Waals surface area contributed by atoms with Crippen LogP contribution >= 0.6 is 11.3 Å². The number of rotatable bonds is 9. The van der Waals surface area contributed by atoms with Crippen LogP contribution in [0.3, 0.4) is 0 Å². The van der Waals surface area contributed by atoms with E-state index in [2.05, 4.69) is 10.0 Å². The van der Waals surface area contributed by atoms with Gasteiger partial charge in [0.2, 0.25) is 15.9 Å². The van der Waals surface area contributed by atoms with Crippen molar-refractivity contribution in [2.75, 3.05) is 19.7 Å². The van der Waals surface area contributed by atoms with E-state index in [1.165, 1.54) is 6.07 Å². The number of nitrogens with one attached hydrogen (secondary N) is 2. The number of carbonyl (C=O) groups is 1. The molecule has 0 bridgehead atoms. The summed E-state index contributed by atoms with van der Waals surface area (Å²) < 4.78 is 26.3. The summed E-state index contributed by atoms with van der Waals surface area (Å²) in [5.74, 6) is -0.213. The van der Waals surface area contributed by atoms with Crippen molar-refractivity contribution in [3.63, 3.8) is 0 Å². The molecular formula is C13H22N2O4S2. The predicted molar refractivity (Wildman–Crippen MR) is 82.6 cm³/mol. The van der Waals surface area contributed by atoms with E-state index < -0.39 is 10.0 Å². The van der Waals surface area contributed by atoms with Crippen LogP contribution in [-0.2, 0) is 14.8 Å². The van der Waals surface area contributed by atoms with Crippen molar-refractivity contribution in [1.29, 1.82) is 0 Å². The minimum atomic E-state index is -3.51. The van der Waals surface area contributed by atoms with Crippen LogP contribution in [0.15, 0.2) is 21.7 Å². The number of carbonyl (C=O) groups excluding carboxylic acids is 1.